The SMILES string of the molecule is CCC(N)Cc1noc(CC(C)CC(C)(C)C)n1. The van der Waals surface area contributed by atoms with E-state index in [0.717, 1.165) is 31.0 Å². The smallest absolute Gasteiger partial charge is 0.226 e. The van der Waals surface area contributed by atoms with E-state index < -0.39 is 0 Å². The van der Waals surface area contributed by atoms with Crippen LogP contribution in [0.3, 0.4) is 0 Å². The van der Waals surface area contributed by atoms with Gasteiger partial charge in [0, 0.05) is 18.9 Å². The zero-order valence-corrected chi connectivity index (χ0v) is 12.4. The Bertz CT molecular complexity index is 354. The van der Waals surface area contributed by atoms with Gasteiger partial charge in [-0.1, -0.05) is 39.8 Å². The molecule has 2 atom stereocenters. The Labute approximate surface area is 110 Å². The van der Waals surface area contributed by atoms with Crippen molar-refractivity contribution in [3.05, 3.63) is 11.7 Å². The fraction of sp³-hybridized carbons (Fsp3) is 0.857. The van der Waals surface area contributed by atoms with Gasteiger partial charge in [0.25, 0.3) is 0 Å². The predicted molar refractivity (Wildman–Crippen MR) is 73.2 cm³/mol. The molecule has 0 spiro atoms. The van der Waals surface area contributed by atoms with Gasteiger partial charge in [0.05, 0.1) is 0 Å². The van der Waals surface area contributed by atoms with Gasteiger partial charge in [-0.2, -0.15) is 4.98 Å². The Morgan fingerprint density at radius 1 is 1.28 bits per heavy atom. The molecule has 1 heterocycles. The third-order valence-electron chi connectivity index (χ3n) is 2.96. The molecule has 1 rings (SSSR count). The van der Waals surface area contributed by atoms with Gasteiger partial charge in [-0.15, -0.1) is 0 Å². The molecule has 4 heteroatoms. The molecule has 0 saturated heterocycles. The maximum absolute atomic E-state index is 5.88. The van der Waals surface area contributed by atoms with E-state index in [4.69, 9.17) is 10.3 Å². The first kappa shape index (κ1) is 15.2. The lowest BCUT2D eigenvalue weighted by Crippen LogP contribution is -2.22. The summed E-state index contributed by atoms with van der Waals surface area (Å²) in [6, 6.07) is 0.127. The van der Waals surface area contributed by atoms with Crippen molar-refractivity contribution in [2.75, 3.05) is 0 Å². The highest BCUT2D eigenvalue weighted by molar-refractivity contribution is 4.90. The van der Waals surface area contributed by atoms with Crippen LogP contribution in [0.5, 0.6) is 0 Å². The van der Waals surface area contributed by atoms with Crippen LogP contribution in [-0.2, 0) is 12.8 Å². The number of hydrogen-bond donors (Lipinski definition) is 1. The monoisotopic (exact) mass is 253 g/mol. The fourth-order valence-corrected chi connectivity index (χ4v) is 2.25. The van der Waals surface area contributed by atoms with Crippen LogP contribution in [-0.4, -0.2) is 16.2 Å². The predicted octanol–water partition coefficient (Wildman–Crippen LogP) is 2.96. The van der Waals surface area contributed by atoms with Gasteiger partial charge >= 0.3 is 0 Å². The highest BCUT2D eigenvalue weighted by Gasteiger charge is 2.18. The molecule has 104 valence electrons. The highest BCUT2D eigenvalue weighted by atomic mass is 16.5. The number of nitrogens with two attached hydrogens (primary N) is 1. The van der Waals surface area contributed by atoms with Crippen LogP contribution in [0, 0.1) is 11.3 Å². The van der Waals surface area contributed by atoms with Crippen LogP contribution in [0.2, 0.25) is 0 Å². The summed E-state index contributed by atoms with van der Waals surface area (Å²) in [6.07, 6.45) is 3.64. The summed E-state index contributed by atoms with van der Waals surface area (Å²) in [5.41, 5.74) is 6.22. The lowest BCUT2D eigenvalue weighted by molar-refractivity contribution is 0.282. The summed E-state index contributed by atoms with van der Waals surface area (Å²) in [5, 5.41) is 3.99. The lowest BCUT2D eigenvalue weighted by Gasteiger charge is -2.22. The fourth-order valence-electron chi connectivity index (χ4n) is 2.25. The van der Waals surface area contributed by atoms with Crippen LogP contribution < -0.4 is 5.73 Å². The van der Waals surface area contributed by atoms with E-state index in [0.29, 0.717) is 17.8 Å². The maximum atomic E-state index is 5.88. The lowest BCUT2D eigenvalue weighted by atomic mass is 9.84. The topological polar surface area (TPSA) is 64.9 Å². The first-order chi connectivity index (χ1) is 8.30. The summed E-state index contributed by atoms with van der Waals surface area (Å²) in [4.78, 5) is 4.41. The Kier molecular flexibility index (Phi) is 5.32. The molecule has 0 bridgehead atoms. The molecular formula is C14H27N3O. The van der Waals surface area contributed by atoms with Gasteiger partial charge in [0.15, 0.2) is 5.82 Å². The third kappa shape index (κ3) is 5.63. The van der Waals surface area contributed by atoms with Gasteiger partial charge in [0.2, 0.25) is 5.89 Å². The van der Waals surface area contributed by atoms with Crippen LogP contribution in [0.1, 0.15) is 59.2 Å². The van der Waals surface area contributed by atoms with Gasteiger partial charge in [-0.05, 0) is 24.2 Å². The van der Waals surface area contributed by atoms with Gasteiger partial charge in [-0.25, -0.2) is 0 Å². The van der Waals surface area contributed by atoms with E-state index >= 15 is 0 Å². The van der Waals surface area contributed by atoms with Crippen LogP contribution in [0.25, 0.3) is 0 Å². The molecule has 4 nitrogen and oxygen atoms in total. The first-order valence-corrected chi connectivity index (χ1v) is 6.87. The maximum Gasteiger partial charge on any atom is 0.226 e. The molecule has 1 aromatic heterocycles. The molecule has 0 aliphatic carbocycles. The van der Waals surface area contributed by atoms with Crippen LogP contribution in [0.4, 0.5) is 0 Å². The van der Waals surface area contributed by atoms with Crippen molar-refractivity contribution >= 4 is 0 Å². The molecular weight excluding hydrogens is 226 g/mol. The summed E-state index contributed by atoms with van der Waals surface area (Å²) in [6.45, 7) is 11.1. The minimum Gasteiger partial charge on any atom is -0.339 e. The molecule has 2 N–H and O–H groups in total. The molecule has 0 amide bonds. The second-order valence-corrected chi connectivity index (χ2v) is 6.55. The van der Waals surface area contributed by atoms with Crippen molar-refractivity contribution in [1.82, 2.24) is 10.1 Å². The van der Waals surface area contributed by atoms with Crippen LogP contribution >= 0.6 is 0 Å². The minimum atomic E-state index is 0.127. The molecule has 18 heavy (non-hydrogen) atoms. The average molecular weight is 253 g/mol. The van der Waals surface area contributed by atoms with E-state index in [1.54, 1.807) is 0 Å². The van der Waals surface area contributed by atoms with Gasteiger partial charge < -0.3 is 10.3 Å². The molecule has 0 radical (unpaired) electrons. The number of aromatic nitrogens is 2. The summed E-state index contributed by atoms with van der Waals surface area (Å²) in [7, 11) is 0. The van der Waals surface area contributed by atoms with E-state index in [9.17, 15) is 0 Å². The van der Waals surface area contributed by atoms with Crippen molar-refractivity contribution in [3.8, 4) is 0 Å². The second kappa shape index (κ2) is 6.32. The Morgan fingerprint density at radius 3 is 2.50 bits per heavy atom. The third-order valence-corrected chi connectivity index (χ3v) is 2.96. The number of nitrogens with zero attached hydrogens (tertiary/aromatic N) is 2. The van der Waals surface area contributed by atoms with Crippen LogP contribution in [0.15, 0.2) is 4.52 Å². The summed E-state index contributed by atoms with van der Waals surface area (Å²) < 4.78 is 5.28. The van der Waals surface area contributed by atoms with Crippen molar-refractivity contribution in [2.24, 2.45) is 17.1 Å². The summed E-state index contributed by atoms with van der Waals surface area (Å²) >= 11 is 0. The van der Waals surface area contributed by atoms with Crippen molar-refractivity contribution < 1.29 is 4.52 Å². The molecule has 0 aromatic carbocycles. The van der Waals surface area contributed by atoms with Gasteiger partial charge in [0.1, 0.15) is 0 Å². The highest BCUT2D eigenvalue weighted by Crippen LogP contribution is 2.25. The quantitative estimate of drug-likeness (QED) is 0.846. The van der Waals surface area contributed by atoms with E-state index in [2.05, 4.69) is 44.8 Å². The molecule has 1 aromatic rings. The Hall–Kier alpha value is -0.900. The largest absolute Gasteiger partial charge is 0.339 e. The van der Waals surface area contributed by atoms with Crippen molar-refractivity contribution in [1.29, 1.82) is 0 Å². The Balaban J connectivity index is 2.48. The summed E-state index contributed by atoms with van der Waals surface area (Å²) in [5.74, 6) is 2.03. The first-order valence-electron chi connectivity index (χ1n) is 6.87. The molecule has 2 unspecified atom stereocenters. The molecule has 0 fully saturated rings. The standard InChI is InChI=1S/C14H27N3O/c1-6-11(15)8-12-16-13(18-17-12)7-10(2)9-14(3,4)5/h10-11H,6-9,15H2,1-5H3. The Morgan fingerprint density at radius 2 is 1.94 bits per heavy atom. The second-order valence-electron chi connectivity index (χ2n) is 6.55. The zero-order valence-electron chi connectivity index (χ0n) is 12.4. The zero-order chi connectivity index (χ0) is 13.8. The van der Waals surface area contributed by atoms with Gasteiger partial charge in [-0.3, -0.25) is 0 Å². The van der Waals surface area contributed by atoms with Crippen molar-refractivity contribution in [3.63, 3.8) is 0 Å². The van der Waals surface area contributed by atoms with Crippen molar-refractivity contribution in [2.45, 2.75) is 66.3 Å². The molecule has 0 aliphatic heterocycles. The van der Waals surface area contributed by atoms with E-state index in [-0.39, 0.29) is 6.04 Å². The molecule has 0 saturated carbocycles. The number of hydrogen-bond acceptors (Lipinski definition) is 4. The molecule has 0 aliphatic rings. The van der Waals surface area contributed by atoms with E-state index in [1.807, 2.05) is 0 Å². The number of rotatable bonds is 6. The normalized spacial score (nSPS) is 15.7. The average Bonchev–Trinajstić information content (AvgIpc) is 2.62. The minimum absolute atomic E-state index is 0.127. The van der Waals surface area contributed by atoms with E-state index in [1.165, 1.54) is 0 Å².